The van der Waals surface area contributed by atoms with Crippen LogP contribution in [0.3, 0.4) is 0 Å². The van der Waals surface area contributed by atoms with Gasteiger partial charge in [0.15, 0.2) is 0 Å². The Morgan fingerprint density at radius 1 is 1.53 bits per heavy atom. The zero-order chi connectivity index (χ0) is 12.3. The van der Waals surface area contributed by atoms with Crippen molar-refractivity contribution in [3.63, 3.8) is 0 Å². The van der Waals surface area contributed by atoms with Crippen molar-refractivity contribution < 1.29 is 4.39 Å². The molecule has 0 amide bonds. The number of H-pyrrole nitrogens is 1. The smallest absolute Gasteiger partial charge is 0.141 e. The van der Waals surface area contributed by atoms with E-state index in [4.69, 9.17) is 11.6 Å². The van der Waals surface area contributed by atoms with E-state index in [-0.39, 0.29) is 11.1 Å². The summed E-state index contributed by atoms with van der Waals surface area (Å²) in [6.07, 6.45) is 2.11. The first-order valence-electron chi connectivity index (χ1n) is 5.17. The molecule has 90 valence electrons. The molecule has 1 heterocycles. The Morgan fingerprint density at radius 2 is 2.35 bits per heavy atom. The zero-order valence-corrected chi connectivity index (χ0v) is 10.0. The van der Waals surface area contributed by atoms with Crippen LogP contribution in [0.25, 0.3) is 0 Å². The molecule has 1 atom stereocenters. The normalized spacial score (nSPS) is 12.6. The second kappa shape index (κ2) is 5.25. The summed E-state index contributed by atoms with van der Waals surface area (Å²) in [7, 11) is 1.83. The van der Waals surface area contributed by atoms with Gasteiger partial charge in [-0.05, 0) is 31.2 Å². The lowest BCUT2D eigenvalue weighted by Gasteiger charge is -2.13. The summed E-state index contributed by atoms with van der Waals surface area (Å²) < 4.78 is 13.0. The van der Waals surface area contributed by atoms with E-state index in [2.05, 4.69) is 20.5 Å². The molecule has 17 heavy (non-hydrogen) atoms. The molecule has 1 unspecified atom stereocenters. The summed E-state index contributed by atoms with van der Waals surface area (Å²) in [6, 6.07) is 4.70. The molecule has 2 N–H and O–H groups in total. The minimum atomic E-state index is -0.406. The Hall–Kier alpha value is -1.46. The molecule has 0 aliphatic heterocycles. The highest BCUT2D eigenvalue weighted by Gasteiger charge is 2.13. The molecule has 0 saturated heterocycles. The molecule has 0 saturated carbocycles. The molecule has 2 aromatic rings. The number of halogens is 2. The van der Waals surface area contributed by atoms with E-state index < -0.39 is 5.82 Å². The average molecular weight is 255 g/mol. The van der Waals surface area contributed by atoms with Gasteiger partial charge in [-0.2, -0.15) is 5.10 Å². The van der Waals surface area contributed by atoms with Crippen molar-refractivity contribution in [3.8, 4) is 0 Å². The van der Waals surface area contributed by atoms with Gasteiger partial charge in [0.05, 0.1) is 11.1 Å². The van der Waals surface area contributed by atoms with E-state index in [0.717, 1.165) is 11.4 Å². The summed E-state index contributed by atoms with van der Waals surface area (Å²) in [4.78, 5) is 4.09. The maximum atomic E-state index is 13.0. The zero-order valence-electron chi connectivity index (χ0n) is 9.24. The van der Waals surface area contributed by atoms with Crippen molar-refractivity contribution in [1.29, 1.82) is 0 Å². The van der Waals surface area contributed by atoms with Crippen LogP contribution < -0.4 is 5.32 Å². The van der Waals surface area contributed by atoms with Crippen LogP contribution >= 0.6 is 11.6 Å². The maximum Gasteiger partial charge on any atom is 0.141 e. The molecule has 0 spiro atoms. The summed E-state index contributed by atoms with van der Waals surface area (Å²) in [5, 5.41) is 9.86. The lowest BCUT2D eigenvalue weighted by atomic mass is 10.1. The predicted octanol–water partition coefficient (Wildman–Crippen LogP) is 2.10. The van der Waals surface area contributed by atoms with E-state index in [1.54, 1.807) is 12.1 Å². The second-order valence-electron chi connectivity index (χ2n) is 3.66. The number of nitrogens with one attached hydrogen (secondary N) is 2. The molecule has 1 aromatic heterocycles. The van der Waals surface area contributed by atoms with Gasteiger partial charge in [0.2, 0.25) is 0 Å². The fourth-order valence-corrected chi connectivity index (χ4v) is 1.82. The van der Waals surface area contributed by atoms with Gasteiger partial charge in [-0.3, -0.25) is 5.10 Å². The van der Waals surface area contributed by atoms with Gasteiger partial charge < -0.3 is 5.32 Å². The number of hydrogen-bond donors (Lipinski definition) is 2. The third-order valence-electron chi connectivity index (χ3n) is 2.54. The third kappa shape index (κ3) is 2.81. The minimum absolute atomic E-state index is 0.000900. The molecular formula is C11H12ClFN4. The van der Waals surface area contributed by atoms with Crippen LogP contribution in [0.15, 0.2) is 24.5 Å². The van der Waals surface area contributed by atoms with E-state index in [1.165, 1.54) is 12.4 Å². The fourth-order valence-electron chi connectivity index (χ4n) is 1.62. The van der Waals surface area contributed by atoms with Crippen LogP contribution in [0, 0.1) is 5.82 Å². The molecule has 0 fully saturated rings. The van der Waals surface area contributed by atoms with Gasteiger partial charge >= 0.3 is 0 Å². The van der Waals surface area contributed by atoms with Gasteiger partial charge in [0.25, 0.3) is 0 Å². The highest BCUT2D eigenvalue weighted by atomic mass is 35.5. The first-order valence-corrected chi connectivity index (χ1v) is 5.55. The lowest BCUT2D eigenvalue weighted by Crippen LogP contribution is -2.20. The van der Waals surface area contributed by atoms with E-state index >= 15 is 0 Å². The van der Waals surface area contributed by atoms with Crippen molar-refractivity contribution in [2.24, 2.45) is 0 Å². The highest BCUT2D eigenvalue weighted by Crippen LogP contribution is 2.20. The second-order valence-corrected chi connectivity index (χ2v) is 4.07. The molecule has 6 heteroatoms. The van der Waals surface area contributed by atoms with E-state index in [0.29, 0.717) is 6.42 Å². The first-order chi connectivity index (χ1) is 8.20. The third-order valence-corrected chi connectivity index (χ3v) is 2.83. The number of aromatic nitrogens is 3. The molecule has 0 bridgehead atoms. The van der Waals surface area contributed by atoms with Gasteiger partial charge in [-0.25, -0.2) is 9.37 Å². The van der Waals surface area contributed by atoms with E-state index in [9.17, 15) is 4.39 Å². The number of rotatable bonds is 4. The lowest BCUT2D eigenvalue weighted by molar-refractivity contribution is 0.558. The van der Waals surface area contributed by atoms with Gasteiger partial charge in [0.1, 0.15) is 18.0 Å². The largest absolute Gasteiger partial charge is 0.310 e. The van der Waals surface area contributed by atoms with Crippen LogP contribution in [0.1, 0.15) is 17.4 Å². The number of benzene rings is 1. The molecule has 4 nitrogen and oxygen atoms in total. The average Bonchev–Trinajstić information content (AvgIpc) is 2.84. The van der Waals surface area contributed by atoms with Crippen molar-refractivity contribution in [1.82, 2.24) is 20.5 Å². The minimum Gasteiger partial charge on any atom is -0.310 e. The van der Waals surface area contributed by atoms with Gasteiger partial charge in [-0.15, -0.1) is 0 Å². The Balaban J connectivity index is 2.16. The van der Waals surface area contributed by atoms with Crippen LogP contribution in [-0.4, -0.2) is 22.2 Å². The summed E-state index contributed by atoms with van der Waals surface area (Å²) in [5.74, 6) is 0.337. The monoisotopic (exact) mass is 254 g/mol. The number of likely N-dealkylation sites (N-methyl/N-ethyl adjacent to an activating group) is 1. The van der Waals surface area contributed by atoms with Crippen molar-refractivity contribution in [2.75, 3.05) is 7.05 Å². The Bertz CT molecular complexity index is 486. The number of nitrogens with zero attached hydrogens (tertiary/aromatic N) is 2. The maximum absolute atomic E-state index is 13.0. The predicted molar refractivity (Wildman–Crippen MR) is 63.3 cm³/mol. The van der Waals surface area contributed by atoms with Crippen molar-refractivity contribution >= 4 is 11.6 Å². The molecule has 0 radical (unpaired) electrons. The molecular weight excluding hydrogens is 243 g/mol. The van der Waals surface area contributed by atoms with Gasteiger partial charge in [-0.1, -0.05) is 17.7 Å². The van der Waals surface area contributed by atoms with Crippen LogP contribution in [0.5, 0.6) is 0 Å². The fraction of sp³-hybridized carbons (Fsp3) is 0.273. The number of hydrogen-bond acceptors (Lipinski definition) is 3. The number of aromatic amines is 1. The highest BCUT2D eigenvalue weighted by molar-refractivity contribution is 6.30. The summed E-state index contributed by atoms with van der Waals surface area (Å²) >= 11 is 5.73. The molecule has 0 aliphatic rings. The molecule has 2 rings (SSSR count). The SMILES string of the molecule is CNC(Cc1ccc(F)c(Cl)c1)c1ncn[nH]1. The Morgan fingerprint density at radius 3 is 2.94 bits per heavy atom. The van der Waals surface area contributed by atoms with E-state index in [1.807, 2.05) is 7.05 Å². The quantitative estimate of drug-likeness (QED) is 0.879. The Kier molecular flexibility index (Phi) is 3.71. The summed E-state index contributed by atoms with van der Waals surface area (Å²) in [5.41, 5.74) is 0.937. The van der Waals surface area contributed by atoms with Crippen LogP contribution in [0.2, 0.25) is 5.02 Å². The van der Waals surface area contributed by atoms with Crippen molar-refractivity contribution in [2.45, 2.75) is 12.5 Å². The van der Waals surface area contributed by atoms with Gasteiger partial charge in [0, 0.05) is 0 Å². The standard InChI is InChI=1S/C11H12ClFN4/c1-14-10(11-15-6-16-17-11)5-7-2-3-9(13)8(12)4-7/h2-4,6,10,14H,5H2,1H3,(H,15,16,17). The van der Waals surface area contributed by atoms with Crippen LogP contribution in [0.4, 0.5) is 4.39 Å². The summed E-state index contributed by atoms with van der Waals surface area (Å²) in [6.45, 7) is 0. The first kappa shape index (κ1) is 12.0. The Labute approximate surface area is 103 Å². The molecule has 1 aromatic carbocycles. The topological polar surface area (TPSA) is 53.6 Å². The van der Waals surface area contributed by atoms with Crippen molar-refractivity contribution in [3.05, 3.63) is 46.8 Å². The molecule has 0 aliphatic carbocycles. The van der Waals surface area contributed by atoms with Crippen LogP contribution in [-0.2, 0) is 6.42 Å².